The van der Waals surface area contributed by atoms with Gasteiger partial charge >= 0.3 is 11.9 Å². The Balaban J connectivity index is 4.98. The van der Waals surface area contributed by atoms with Gasteiger partial charge < -0.3 is 37.6 Å². The maximum Gasteiger partial charge on any atom is 0.325 e. The van der Waals surface area contributed by atoms with Crippen LogP contribution in [0.5, 0.6) is 0 Å². The van der Waals surface area contributed by atoms with E-state index < -0.39 is 72.6 Å². The third kappa shape index (κ3) is 9.15. The van der Waals surface area contributed by atoms with E-state index in [2.05, 4.69) is 16.0 Å². The van der Waals surface area contributed by atoms with Crippen LogP contribution in [0.1, 0.15) is 26.7 Å². The van der Waals surface area contributed by atoms with Gasteiger partial charge in [0.05, 0.1) is 18.9 Å². The molecule has 13 nitrogen and oxygen atoms in total. The quantitative estimate of drug-likeness (QED) is 0.183. The van der Waals surface area contributed by atoms with Crippen molar-refractivity contribution in [1.82, 2.24) is 16.0 Å². The lowest BCUT2D eigenvalue weighted by Crippen LogP contribution is -2.57. The van der Waals surface area contributed by atoms with Gasteiger partial charge in [-0.25, -0.2) is 0 Å². The van der Waals surface area contributed by atoms with Crippen LogP contribution in [0.2, 0.25) is 0 Å². The average Bonchev–Trinajstić information content (AvgIpc) is 2.52. The molecule has 0 aliphatic carbocycles. The van der Waals surface area contributed by atoms with Crippen LogP contribution < -0.4 is 27.4 Å². The first-order chi connectivity index (χ1) is 12.3. The van der Waals surface area contributed by atoms with Crippen molar-refractivity contribution >= 4 is 35.6 Å². The van der Waals surface area contributed by atoms with Crippen LogP contribution in [-0.2, 0) is 28.8 Å². The first-order valence-electron chi connectivity index (χ1n) is 7.74. The molecular weight excluding hydrogens is 366 g/mol. The third-order valence-electron chi connectivity index (χ3n) is 3.25. The number of nitrogens with one attached hydrogen (secondary N) is 3. The fourth-order valence-corrected chi connectivity index (χ4v) is 1.75. The smallest absolute Gasteiger partial charge is 0.325 e. The van der Waals surface area contributed by atoms with E-state index in [0.29, 0.717) is 0 Å². The Bertz CT molecular complexity index is 623. The van der Waals surface area contributed by atoms with E-state index in [1.54, 1.807) is 0 Å². The second-order valence-corrected chi connectivity index (χ2v) is 5.73. The summed E-state index contributed by atoms with van der Waals surface area (Å²) in [6.07, 6.45) is -1.33. The molecule has 0 saturated carbocycles. The molecule has 152 valence electrons. The highest BCUT2D eigenvalue weighted by atomic mass is 16.4. The SMILES string of the molecule is CC(NC(=O)C(C)NC(=O)C(CC(N)=O)NC(=O)C(N)CC(=O)O)C(=O)O. The standard InChI is InChI=1S/C14H23N5O8/c1-5(11(23)18-6(2)14(26)27)17-13(25)8(4-9(16)20)19-12(24)7(15)3-10(21)22/h5-8H,3-4,15H2,1-2H3,(H2,16,20)(H,17,25)(H,18,23)(H,19,24)(H,21,22)(H,26,27). The zero-order chi connectivity index (χ0) is 21.3. The Morgan fingerprint density at radius 2 is 1.33 bits per heavy atom. The van der Waals surface area contributed by atoms with Crippen molar-refractivity contribution in [1.29, 1.82) is 0 Å². The molecule has 27 heavy (non-hydrogen) atoms. The summed E-state index contributed by atoms with van der Waals surface area (Å²) in [5.41, 5.74) is 10.4. The minimum Gasteiger partial charge on any atom is -0.481 e. The van der Waals surface area contributed by atoms with Gasteiger partial charge in [-0.3, -0.25) is 28.8 Å². The van der Waals surface area contributed by atoms with Crippen LogP contribution in [0.25, 0.3) is 0 Å². The lowest BCUT2D eigenvalue weighted by molar-refractivity contribution is -0.141. The molecule has 0 aliphatic heterocycles. The summed E-state index contributed by atoms with van der Waals surface area (Å²) in [5, 5.41) is 23.8. The highest BCUT2D eigenvalue weighted by molar-refractivity contribution is 5.96. The Morgan fingerprint density at radius 3 is 1.78 bits per heavy atom. The van der Waals surface area contributed by atoms with E-state index >= 15 is 0 Å². The zero-order valence-electron chi connectivity index (χ0n) is 14.7. The average molecular weight is 389 g/mol. The molecule has 0 fully saturated rings. The van der Waals surface area contributed by atoms with Gasteiger partial charge in [-0.1, -0.05) is 0 Å². The summed E-state index contributed by atoms with van der Waals surface area (Å²) >= 11 is 0. The van der Waals surface area contributed by atoms with Crippen molar-refractivity contribution < 1.29 is 39.0 Å². The number of nitrogens with two attached hydrogens (primary N) is 2. The van der Waals surface area contributed by atoms with E-state index in [1.165, 1.54) is 13.8 Å². The van der Waals surface area contributed by atoms with Gasteiger partial charge in [0.15, 0.2) is 0 Å². The number of amides is 4. The lowest BCUT2D eigenvalue weighted by Gasteiger charge is -2.22. The maximum atomic E-state index is 12.2. The molecule has 0 rings (SSSR count). The van der Waals surface area contributed by atoms with Gasteiger partial charge in [0, 0.05) is 0 Å². The molecule has 4 amide bonds. The number of aliphatic carboxylic acids is 2. The van der Waals surface area contributed by atoms with Gasteiger partial charge in [0.1, 0.15) is 18.1 Å². The molecule has 0 bridgehead atoms. The number of primary amides is 1. The fraction of sp³-hybridized carbons (Fsp3) is 0.571. The van der Waals surface area contributed by atoms with Crippen molar-refractivity contribution in [2.45, 2.75) is 50.9 Å². The summed E-state index contributed by atoms with van der Waals surface area (Å²) in [5.74, 6) is -6.35. The van der Waals surface area contributed by atoms with Crippen LogP contribution in [0.15, 0.2) is 0 Å². The monoisotopic (exact) mass is 389 g/mol. The Hall–Kier alpha value is -3.22. The minimum atomic E-state index is -1.50. The number of carboxylic acids is 2. The molecule has 0 heterocycles. The highest BCUT2D eigenvalue weighted by Crippen LogP contribution is 1.98. The van der Waals surface area contributed by atoms with E-state index in [9.17, 15) is 28.8 Å². The fourth-order valence-electron chi connectivity index (χ4n) is 1.75. The van der Waals surface area contributed by atoms with E-state index in [-0.39, 0.29) is 0 Å². The first-order valence-corrected chi connectivity index (χ1v) is 7.74. The van der Waals surface area contributed by atoms with Gasteiger partial charge in [0.2, 0.25) is 23.6 Å². The summed E-state index contributed by atoms with van der Waals surface area (Å²) in [7, 11) is 0. The molecule has 9 N–H and O–H groups in total. The van der Waals surface area contributed by atoms with Crippen LogP contribution >= 0.6 is 0 Å². The summed E-state index contributed by atoms with van der Waals surface area (Å²) in [4.78, 5) is 68.3. The second kappa shape index (κ2) is 10.7. The molecule has 4 atom stereocenters. The van der Waals surface area contributed by atoms with Gasteiger partial charge in [-0.2, -0.15) is 0 Å². The highest BCUT2D eigenvalue weighted by Gasteiger charge is 2.29. The molecular formula is C14H23N5O8. The topological polar surface area (TPSA) is 231 Å². The minimum absolute atomic E-state index is 0.628. The molecule has 0 spiro atoms. The van der Waals surface area contributed by atoms with Gasteiger partial charge in [-0.05, 0) is 13.8 Å². The summed E-state index contributed by atoms with van der Waals surface area (Å²) in [6.45, 7) is 2.47. The van der Waals surface area contributed by atoms with Gasteiger partial charge in [-0.15, -0.1) is 0 Å². The molecule has 0 radical (unpaired) electrons. The number of carbonyl (C=O) groups is 6. The molecule has 0 aliphatic rings. The Kier molecular flexibility index (Phi) is 9.42. The van der Waals surface area contributed by atoms with Gasteiger partial charge in [0.25, 0.3) is 0 Å². The number of rotatable bonds is 11. The first kappa shape index (κ1) is 23.8. The van der Waals surface area contributed by atoms with E-state index in [1.807, 2.05) is 0 Å². The van der Waals surface area contributed by atoms with Crippen LogP contribution in [0.4, 0.5) is 0 Å². The predicted molar refractivity (Wildman–Crippen MR) is 88.8 cm³/mol. The van der Waals surface area contributed by atoms with Crippen molar-refractivity contribution in [3.8, 4) is 0 Å². The molecule has 0 aromatic carbocycles. The molecule has 4 unspecified atom stereocenters. The van der Waals surface area contributed by atoms with Crippen LogP contribution in [0, 0.1) is 0 Å². The normalized spacial score (nSPS) is 14.8. The number of carboxylic acid groups (broad SMARTS) is 2. The molecule has 0 aromatic rings. The lowest BCUT2D eigenvalue weighted by atomic mass is 10.1. The van der Waals surface area contributed by atoms with Crippen LogP contribution in [0.3, 0.4) is 0 Å². The molecule has 0 saturated heterocycles. The van der Waals surface area contributed by atoms with Crippen molar-refractivity contribution in [2.75, 3.05) is 0 Å². The predicted octanol–water partition coefficient (Wildman–Crippen LogP) is -3.76. The maximum absolute atomic E-state index is 12.2. The number of hydrogen-bond acceptors (Lipinski definition) is 7. The van der Waals surface area contributed by atoms with E-state index in [4.69, 9.17) is 21.7 Å². The number of hydrogen-bond donors (Lipinski definition) is 7. The zero-order valence-corrected chi connectivity index (χ0v) is 14.7. The molecule has 0 aromatic heterocycles. The van der Waals surface area contributed by atoms with Crippen molar-refractivity contribution in [3.05, 3.63) is 0 Å². The third-order valence-corrected chi connectivity index (χ3v) is 3.25. The van der Waals surface area contributed by atoms with Crippen molar-refractivity contribution in [3.63, 3.8) is 0 Å². The van der Waals surface area contributed by atoms with Crippen molar-refractivity contribution in [2.24, 2.45) is 11.5 Å². The summed E-state index contributed by atoms with van der Waals surface area (Å²) in [6, 6.07) is -5.36. The van der Waals surface area contributed by atoms with Crippen LogP contribution in [-0.4, -0.2) is 69.9 Å². The largest absolute Gasteiger partial charge is 0.481 e. The second-order valence-electron chi connectivity index (χ2n) is 5.73. The van der Waals surface area contributed by atoms with E-state index in [0.717, 1.165) is 0 Å². The number of carbonyl (C=O) groups excluding carboxylic acids is 4. The summed E-state index contributed by atoms with van der Waals surface area (Å²) < 4.78 is 0. The molecule has 13 heteroatoms. The Labute approximate surface area is 153 Å². The Morgan fingerprint density at radius 1 is 0.815 bits per heavy atom.